The number of benzene rings is 2. The van der Waals surface area contributed by atoms with E-state index in [0.29, 0.717) is 6.92 Å². The molecular weight excluding hydrogens is 614 g/mol. The fourth-order valence-electron chi connectivity index (χ4n) is 3.83. The molecule has 0 aliphatic carbocycles. The number of alkyl halides is 12. The molecule has 2 aromatic rings. The van der Waals surface area contributed by atoms with Gasteiger partial charge in [-0.15, -0.1) is 0 Å². The predicted octanol–water partition coefficient (Wildman–Crippen LogP) is 7.40. The van der Waals surface area contributed by atoms with Gasteiger partial charge in [0.15, 0.2) is 0 Å². The smallest absolute Gasteiger partial charge is 0.366 e. The van der Waals surface area contributed by atoms with Gasteiger partial charge in [0.05, 0.1) is 22.6 Å². The fraction of sp³-hybridized carbons (Fsp3) is 0.333. The van der Waals surface area contributed by atoms with Crippen LogP contribution in [0, 0.1) is 5.82 Å². The number of primary amides is 1. The van der Waals surface area contributed by atoms with Crippen molar-refractivity contribution < 1.29 is 71.1 Å². The SMILES string of the molecule is C[C@@H](C(=O)NCC(F)(F)F)c1c(/C(F)=C/C(c2ccc(F)c(C(F)(F)F)c2)C(F)(F)F)ccc(C(N)=O)c1C(F)(F)F. The van der Waals surface area contributed by atoms with Gasteiger partial charge in [0.1, 0.15) is 24.1 Å². The van der Waals surface area contributed by atoms with E-state index < -0.39 is 106 Å². The van der Waals surface area contributed by atoms with Crippen LogP contribution in [0.3, 0.4) is 0 Å². The van der Waals surface area contributed by atoms with Gasteiger partial charge in [-0.3, -0.25) is 9.59 Å². The molecule has 3 N–H and O–H groups in total. The van der Waals surface area contributed by atoms with Crippen molar-refractivity contribution >= 4 is 17.6 Å². The van der Waals surface area contributed by atoms with Crippen LogP contribution in [0.5, 0.6) is 0 Å². The summed E-state index contributed by atoms with van der Waals surface area (Å²) in [7, 11) is 0. The number of nitrogens with one attached hydrogen (secondary N) is 1. The third-order valence-corrected chi connectivity index (χ3v) is 5.66. The van der Waals surface area contributed by atoms with E-state index in [0.717, 1.165) is 0 Å². The topological polar surface area (TPSA) is 72.2 Å². The molecule has 0 bridgehead atoms. The maximum Gasteiger partial charge on any atom is 0.419 e. The Morgan fingerprint density at radius 2 is 1.43 bits per heavy atom. The minimum absolute atomic E-state index is 0.00938. The van der Waals surface area contributed by atoms with Gasteiger partial charge in [0.25, 0.3) is 0 Å². The first-order valence-electron chi connectivity index (χ1n) is 11.1. The summed E-state index contributed by atoms with van der Waals surface area (Å²) in [5.74, 6) is -13.6. The maximum atomic E-state index is 15.4. The van der Waals surface area contributed by atoms with Gasteiger partial charge in [0.2, 0.25) is 11.8 Å². The first-order valence-corrected chi connectivity index (χ1v) is 11.1. The second-order valence-electron chi connectivity index (χ2n) is 8.64. The average Bonchev–Trinajstić information content (AvgIpc) is 2.82. The van der Waals surface area contributed by atoms with Crippen LogP contribution in [-0.2, 0) is 17.1 Å². The largest absolute Gasteiger partial charge is 0.419 e. The van der Waals surface area contributed by atoms with Crippen LogP contribution in [0.4, 0.5) is 61.5 Å². The molecule has 0 saturated heterocycles. The summed E-state index contributed by atoms with van der Waals surface area (Å²) in [6.07, 6.45) is -22.4. The molecule has 0 saturated carbocycles. The van der Waals surface area contributed by atoms with Crippen molar-refractivity contribution in [1.29, 1.82) is 0 Å². The first kappa shape index (κ1) is 34.3. The predicted molar refractivity (Wildman–Crippen MR) is 117 cm³/mol. The van der Waals surface area contributed by atoms with E-state index in [1.807, 2.05) is 0 Å². The van der Waals surface area contributed by atoms with Crippen molar-refractivity contribution in [3.05, 3.63) is 75.6 Å². The van der Waals surface area contributed by atoms with Crippen LogP contribution in [0.2, 0.25) is 0 Å². The van der Waals surface area contributed by atoms with Gasteiger partial charge in [-0.05, 0) is 42.3 Å². The van der Waals surface area contributed by atoms with Gasteiger partial charge >= 0.3 is 24.7 Å². The zero-order valence-electron chi connectivity index (χ0n) is 20.5. The highest BCUT2D eigenvalue weighted by molar-refractivity contribution is 5.97. The normalized spacial score (nSPS) is 14.9. The second-order valence-corrected chi connectivity index (χ2v) is 8.64. The molecule has 18 heteroatoms. The van der Waals surface area contributed by atoms with Crippen molar-refractivity contribution in [2.24, 2.45) is 5.73 Å². The van der Waals surface area contributed by atoms with Crippen molar-refractivity contribution in [2.45, 2.75) is 43.5 Å². The molecule has 2 atom stereocenters. The Kier molecular flexibility index (Phi) is 9.64. The number of allylic oxidation sites excluding steroid dienone is 1. The highest BCUT2D eigenvalue weighted by Crippen LogP contribution is 2.45. The number of rotatable bonds is 7. The molecule has 0 aliphatic rings. The number of nitrogens with two attached hydrogens (primary N) is 1. The molecule has 4 nitrogen and oxygen atoms in total. The van der Waals surface area contributed by atoms with Crippen LogP contribution < -0.4 is 11.1 Å². The van der Waals surface area contributed by atoms with E-state index >= 15 is 4.39 Å². The molecule has 0 aromatic heterocycles. The third kappa shape index (κ3) is 8.12. The Morgan fingerprint density at radius 1 is 0.881 bits per heavy atom. The van der Waals surface area contributed by atoms with E-state index in [4.69, 9.17) is 5.73 Å². The number of carbonyl (C=O) groups excluding carboxylic acids is 2. The third-order valence-electron chi connectivity index (χ3n) is 5.66. The summed E-state index contributed by atoms with van der Waals surface area (Å²) in [5.41, 5.74) is -5.32. The molecule has 0 fully saturated rings. The van der Waals surface area contributed by atoms with Gasteiger partial charge < -0.3 is 11.1 Å². The monoisotopic (exact) mass is 630 g/mol. The minimum Gasteiger partial charge on any atom is -0.366 e. The highest BCUT2D eigenvalue weighted by atomic mass is 19.4. The molecule has 0 spiro atoms. The first-order chi connectivity index (χ1) is 18.9. The van der Waals surface area contributed by atoms with Crippen molar-refractivity contribution in [1.82, 2.24) is 5.32 Å². The van der Waals surface area contributed by atoms with Gasteiger partial charge in [-0.2, -0.15) is 52.7 Å². The lowest BCUT2D eigenvalue weighted by Gasteiger charge is -2.24. The zero-order valence-corrected chi connectivity index (χ0v) is 20.5. The van der Waals surface area contributed by atoms with Crippen molar-refractivity contribution in [2.75, 3.05) is 6.54 Å². The number of hydrogen-bond acceptors (Lipinski definition) is 2. The molecule has 0 heterocycles. The number of hydrogen-bond donors (Lipinski definition) is 2. The summed E-state index contributed by atoms with van der Waals surface area (Å²) in [6.45, 7) is -1.56. The van der Waals surface area contributed by atoms with Gasteiger partial charge in [-0.25, -0.2) is 8.78 Å². The van der Waals surface area contributed by atoms with Crippen LogP contribution in [0.1, 0.15) is 56.9 Å². The van der Waals surface area contributed by atoms with E-state index in [2.05, 4.69) is 0 Å². The standard InChI is InChI=1S/C24H16F14N2O2/c1-9(20(42)40-8-21(27,28)29)17-11(3-4-12(19(39)41)18(17)24(36,37)38)16(26)7-13(22(30,31)32)10-2-5-15(25)14(6-10)23(33,34)35/h2-7,9,13H,8H2,1H3,(H2,39,41)(H,40,42)/b16-7-/t9-,13?/m1/s1. The van der Waals surface area contributed by atoms with Gasteiger partial charge in [-0.1, -0.05) is 12.1 Å². The van der Waals surface area contributed by atoms with E-state index in [-0.39, 0.29) is 30.3 Å². The second kappa shape index (κ2) is 11.8. The lowest BCUT2D eigenvalue weighted by Crippen LogP contribution is -2.37. The fourth-order valence-corrected chi connectivity index (χ4v) is 3.83. The number of halogens is 14. The molecule has 2 rings (SSSR count). The molecule has 0 radical (unpaired) electrons. The lowest BCUT2D eigenvalue weighted by atomic mass is 9.85. The zero-order chi connectivity index (χ0) is 32.6. The summed E-state index contributed by atoms with van der Waals surface area (Å²) in [5, 5.41) is 1.22. The Morgan fingerprint density at radius 3 is 1.88 bits per heavy atom. The maximum absolute atomic E-state index is 15.4. The molecule has 0 aliphatic heterocycles. The van der Waals surface area contributed by atoms with E-state index in [1.54, 1.807) is 0 Å². The molecule has 2 aromatic carbocycles. The summed E-state index contributed by atoms with van der Waals surface area (Å²) in [6, 6.07) is 0.397. The Labute approximate surface area is 226 Å². The van der Waals surface area contributed by atoms with Crippen LogP contribution in [0.15, 0.2) is 36.4 Å². The highest BCUT2D eigenvalue weighted by Gasteiger charge is 2.44. The minimum atomic E-state index is -5.68. The lowest BCUT2D eigenvalue weighted by molar-refractivity contribution is -0.143. The molecular formula is C24H16F14N2O2. The quantitative estimate of drug-likeness (QED) is 0.313. The van der Waals surface area contributed by atoms with E-state index in [9.17, 15) is 66.7 Å². The van der Waals surface area contributed by atoms with Crippen molar-refractivity contribution in [3.8, 4) is 0 Å². The van der Waals surface area contributed by atoms with E-state index in [1.165, 1.54) is 5.32 Å². The van der Waals surface area contributed by atoms with Gasteiger partial charge in [0, 0.05) is 5.56 Å². The number of carbonyl (C=O) groups is 2. The molecule has 2 amide bonds. The van der Waals surface area contributed by atoms with Crippen molar-refractivity contribution in [3.63, 3.8) is 0 Å². The van der Waals surface area contributed by atoms with Crippen LogP contribution >= 0.6 is 0 Å². The Balaban J connectivity index is 2.88. The van der Waals surface area contributed by atoms with Crippen LogP contribution in [0.25, 0.3) is 5.83 Å². The summed E-state index contributed by atoms with van der Waals surface area (Å²) >= 11 is 0. The van der Waals surface area contributed by atoms with Crippen LogP contribution in [-0.4, -0.2) is 30.7 Å². The average molecular weight is 630 g/mol. The molecule has 42 heavy (non-hydrogen) atoms. The summed E-state index contributed by atoms with van der Waals surface area (Å²) in [4.78, 5) is 24.0. The Hall–Kier alpha value is -3.86. The summed E-state index contributed by atoms with van der Waals surface area (Å²) < 4.78 is 190. The Bertz CT molecular complexity index is 1370. The molecule has 232 valence electrons. The molecule has 1 unspecified atom stereocenters. The number of amides is 2.